The molecule has 0 radical (unpaired) electrons. The van der Waals surface area contributed by atoms with Crippen LogP contribution in [0.15, 0.2) is 18.3 Å². The maximum Gasteiger partial charge on any atom is 0.256 e. The van der Waals surface area contributed by atoms with E-state index >= 15 is 0 Å². The number of hydrogen-bond acceptors (Lipinski definition) is 3. The summed E-state index contributed by atoms with van der Waals surface area (Å²) >= 11 is 0. The van der Waals surface area contributed by atoms with Gasteiger partial charge in [-0.25, -0.2) is 0 Å². The van der Waals surface area contributed by atoms with Gasteiger partial charge in [0.1, 0.15) is 0 Å². The summed E-state index contributed by atoms with van der Waals surface area (Å²) in [5.74, 6) is 0.165. The number of piperidine rings is 1. The van der Waals surface area contributed by atoms with Crippen molar-refractivity contribution in [3.63, 3.8) is 0 Å². The number of pyridine rings is 1. The molecule has 1 aromatic rings. The zero-order chi connectivity index (χ0) is 14.3. The number of aromatic nitrogens is 1. The number of rotatable bonds is 1. The molecule has 2 amide bonds. The largest absolute Gasteiger partial charge is 0.343 e. The van der Waals surface area contributed by atoms with Crippen molar-refractivity contribution in [2.45, 2.75) is 25.8 Å². The summed E-state index contributed by atoms with van der Waals surface area (Å²) in [6, 6.07) is 3.62. The molecule has 0 bridgehead atoms. The first kappa shape index (κ1) is 13.1. The van der Waals surface area contributed by atoms with E-state index in [0.717, 1.165) is 25.1 Å². The lowest BCUT2D eigenvalue weighted by atomic mass is 9.91. The third kappa shape index (κ3) is 1.97. The van der Waals surface area contributed by atoms with Crippen molar-refractivity contribution in [1.29, 1.82) is 0 Å². The van der Waals surface area contributed by atoms with Crippen LogP contribution in [0, 0.1) is 12.8 Å². The number of nitrogens with zero attached hydrogens (tertiary/aromatic N) is 3. The fourth-order valence-electron chi connectivity index (χ4n) is 3.34. The van der Waals surface area contributed by atoms with E-state index in [9.17, 15) is 9.59 Å². The number of likely N-dealkylation sites (tertiary alicyclic amines) is 2. The molecular formula is C15H19N3O2. The standard InChI is InChI=1S/C15H19N3O2/c1-10-11(5-3-7-16-10)15(20)18-8-4-6-12-13(18)9-17(2)14(12)19/h3,5,7,12-13H,4,6,8-9H2,1-2H3/t12-,13-/m1/s1. The van der Waals surface area contributed by atoms with Crippen LogP contribution >= 0.6 is 0 Å². The maximum absolute atomic E-state index is 12.7. The number of aryl methyl sites for hydroxylation is 1. The minimum Gasteiger partial charge on any atom is -0.343 e. The second-order valence-electron chi connectivity index (χ2n) is 5.67. The van der Waals surface area contributed by atoms with E-state index in [0.29, 0.717) is 12.1 Å². The fraction of sp³-hybridized carbons (Fsp3) is 0.533. The highest BCUT2D eigenvalue weighted by Crippen LogP contribution is 2.32. The Morgan fingerprint density at radius 3 is 3.00 bits per heavy atom. The highest BCUT2D eigenvalue weighted by Gasteiger charge is 2.45. The Labute approximate surface area is 118 Å². The minimum absolute atomic E-state index is 0.00778. The molecule has 20 heavy (non-hydrogen) atoms. The summed E-state index contributed by atoms with van der Waals surface area (Å²) in [6.07, 6.45) is 3.48. The summed E-state index contributed by atoms with van der Waals surface area (Å²) in [5.41, 5.74) is 1.40. The molecule has 3 rings (SSSR count). The molecule has 1 aromatic heterocycles. The van der Waals surface area contributed by atoms with E-state index in [1.165, 1.54) is 0 Å². The van der Waals surface area contributed by atoms with Gasteiger partial charge >= 0.3 is 0 Å². The predicted octanol–water partition coefficient (Wildman–Crippen LogP) is 1.08. The van der Waals surface area contributed by atoms with E-state index in [1.54, 1.807) is 17.2 Å². The van der Waals surface area contributed by atoms with E-state index < -0.39 is 0 Å². The molecular weight excluding hydrogens is 254 g/mol. The average molecular weight is 273 g/mol. The second-order valence-corrected chi connectivity index (χ2v) is 5.67. The lowest BCUT2D eigenvalue weighted by Gasteiger charge is -2.36. The number of carbonyl (C=O) groups is 2. The van der Waals surface area contributed by atoms with Crippen LogP contribution in [0.3, 0.4) is 0 Å². The van der Waals surface area contributed by atoms with Gasteiger partial charge in [0.05, 0.1) is 17.5 Å². The molecule has 5 heteroatoms. The Bertz CT molecular complexity index is 558. The van der Waals surface area contributed by atoms with Crippen LogP contribution in [0.25, 0.3) is 0 Å². The van der Waals surface area contributed by atoms with Gasteiger partial charge in [0.25, 0.3) is 5.91 Å². The zero-order valence-corrected chi connectivity index (χ0v) is 11.9. The molecule has 2 atom stereocenters. The van der Waals surface area contributed by atoms with Crippen molar-refractivity contribution in [3.05, 3.63) is 29.6 Å². The lowest BCUT2D eigenvalue weighted by Crippen LogP contribution is -2.48. The zero-order valence-electron chi connectivity index (χ0n) is 11.9. The Kier molecular flexibility index (Phi) is 3.20. The average Bonchev–Trinajstić information content (AvgIpc) is 2.74. The van der Waals surface area contributed by atoms with Gasteiger partial charge in [-0.3, -0.25) is 14.6 Å². The van der Waals surface area contributed by atoms with Gasteiger partial charge in [-0.05, 0) is 31.9 Å². The molecule has 0 aromatic carbocycles. The molecule has 2 fully saturated rings. The van der Waals surface area contributed by atoms with Gasteiger partial charge in [-0.15, -0.1) is 0 Å². The highest BCUT2D eigenvalue weighted by molar-refractivity contribution is 5.96. The summed E-state index contributed by atoms with van der Waals surface area (Å²) in [7, 11) is 1.82. The van der Waals surface area contributed by atoms with Gasteiger partial charge in [0, 0.05) is 32.0 Å². The quantitative estimate of drug-likeness (QED) is 0.769. The number of likely N-dealkylation sites (N-methyl/N-ethyl adjacent to an activating group) is 1. The van der Waals surface area contributed by atoms with E-state index in [4.69, 9.17) is 0 Å². The number of fused-ring (bicyclic) bond motifs is 1. The van der Waals surface area contributed by atoms with Crippen molar-refractivity contribution in [3.8, 4) is 0 Å². The maximum atomic E-state index is 12.7. The van der Waals surface area contributed by atoms with Gasteiger partial charge in [0.15, 0.2) is 0 Å². The first-order valence-electron chi connectivity index (χ1n) is 7.07. The smallest absolute Gasteiger partial charge is 0.256 e. The minimum atomic E-state index is -0.0188. The van der Waals surface area contributed by atoms with Gasteiger partial charge in [-0.2, -0.15) is 0 Å². The third-order valence-corrected chi connectivity index (χ3v) is 4.43. The second kappa shape index (κ2) is 4.89. The van der Waals surface area contributed by atoms with Crippen LogP contribution in [-0.2, 0) is 4.79 Å². The van der Waals surface area contributed by atoms with Crippen molar-refractivity contribution < 1.29 is 9.59 Å². The molecule has 3 heterocycles. The molecule has 0 aliphatic carbocycles. The van der Waals surface area contributed by atoms with Crippen molar-refractivity contribution in [2.75, 3.05) is 20.1 Å². The number of amides is 2. The molecule has 0 N–H and O–H groups in total. The SMILES string of the molecule is Cc1ncccc1C(=O)N1CCC[C@H]2C(=O)N(C)C[C@H]21. The summed E-state index contributed by atoms with van der Waals surface area (Å²) in [5, 5.41) is 0. The summed E-state index contributed by atoms with van der Waals surface area (Å²) in [6.45, 7) is 3.23. The van der Waals surface area contributed by atoms with E-state index in [-0.39, 0.29) is 23.8 Å². The van der Waals surface area contributed by atoms with Gasteiger partial charge in [-0.1, -0.05) is 0 Å². The Hall–Kier alpha value is -1.91. The Morgan fingerprint density at radius 1 is 1.45 bits per heavy atom. The molecule has 0 spiro atoms. The normalized spacial score (nSPS) is 25.8. The molecule has 2 aliphatic heterocycles. The Balaban J connectivity index is 1.88. The fourth-order valence-corrected chi connectivity index (χ4v) is 3.34. The monoisotopic (exact) mass is 273 g/mol. The van der Waals surface area contributed by atoms with Crippen molar-refractivity contribution in [2.24, 2.45) is 5.92 Å². The van der Waals surface area contributed by atoms with Crippen LogP contribution in [0.5, 0.6) is 0 Å². The molecule has 5 nitrogen and oxygen atoms in total. The van der Waals surface area contributed by atoms with Gasteiger partial charge < -0.3 is 9.80 Å². The van der Waals surface area contributed by atoms with E-state index in [2.05, 4.69) is 4.98 Å². The molecule has 0 saturated carbocycles. The third-order valence-electron chi connectivity index (χ3n) is 4.43. The van der Waals surface area contributed by atoms with Crippen molar-refractivity contribution in [1.82, 2.24) is 14.8 Å². The van der Waals surface area contributed by atoms with Crippen molar-refractivity contribution >= 4 is 11.8 Å². The van der Waals surface area contributed by atoms with Crippen LogP contribution in [-0.4, -0.2) is 52.8 Å². The van der Waals surface area contributed by atoms with E-state index in [1.807, 2.05) is 24.9 Å². The molecule has 106 valence electrons. The number of carbonyl (C=O) groups excluding carboxylic acids is 2. The van der Waals surface area contributed by atoms with Crippen LogP contribution in [0.2, 0.25) is 0 Å². The highest BCUT2D eigenvalue weighted by atomic mass is 16.2. The topological polar surface area (TPSA) is 53.5 Å². The van der Waals surface area contributed by atoms with Crippen LogP contribution in [0.4, 0.5) is 0 Å². The molecule has 2 saturated heterocycles. The predicted molar refractivity (Wildman–Crippen MR) is 74.2 cm³/mol. The van der Waals surface area contributed by atoms with Crippen LogP contribution < -0.4 is 0 Å². The number of hydrogen-bond donors (Lipinski definition) is 0. The summed E-state index contributed by atoms with van der Waals surface area (Å²) in [4.78, 5) is 32.6. The van der Waals surface area contributed by atoms with Crippen LogP contribution in [0.1, 0.15) is 28.9 Å². The van der Waals surface area contributed by atoms with Gasteiger partial charge in [0.2, 0.25) is 5.91 Å². The molecule has 2 aliphatic rings. The first-order valence-corrected chi connectivity index (χ1v) is 7.07. The lowest BCUT2D eigenvalue weighted by molar-refractivity contribution is -0.130. The molecule has 0 unspecified atom stereocenters. The Morgan fingerprint density at radius 2 is 2.25 bits per heavy atom. The summed E-state index contributed by atoms with van der Waals surface area (Å²) < 4.78 is 0. The first-order chi connectivity index (χ1) is 9.59.